The highest BCUT2D eigenvalue weighted by molar-refractivity contribution is 7.99. The van der Waals surface area contributed by atoms with E-state index >= 15 is 0 Å². The molecule has 3 heterocycles. The van der Waals surface area contributed by atoms with Crippen LogP contribution in [0.3, 0.4) is 0 Å². The van der Waals surface area contributed by atoms with Gasteiger partial charge in [-0.3, -0.25) is 9.36 Å². The zero-order valence-corrected chi connectivity index (χ0v) is 23.9. The maximum absolute atomic E-state index is 14.0. The van der Waals surface area contributed by atoms with Gasteiger partial charge in [0.05, 0.1) is 23.4 Å². The van der Waals surface area contributed by atoms with Crippen molar-refractivity contribution in [3.05, 3.63) is 138 Å². The predicted octanol–water partition coefficient (Wildman–Crippen LogP) is 6.72. The largest absolute Gasteiger partial charge is 0.497 e. The number of methoxy groups -OCH3 is 1. The van der Waals surface area contributed by atoms with Crippen LogP contribution in [0.4, 0.5) is 0 Å². The Morgan fingerprint density at radius 3 is 2.62 bits per heavy atom. The van der Waals surface area contributed by atoms with Gasteiger partial charge in [0.25, 0.3) is 5.56 Å². The summed E-state index contributed by atoms with van der Waals surface area (Å²) in [6, 6.07) is 27.6. The minimum absolute atomic E-state index is 0.0710. The predicted molar refractivity (Wildman–Crippen MR) is 160 cm³/mol. The normalized spacial score (nSPS) is 16.2. The fraction of sp³-hybridized carbons (Fsp3) is 0.125. The lowest BCUT2D eigenvalue weighted by Crippen LogP contribution is -2.38. The highest BCUT2D eigenvalue weighted by Gasteiger charge is 2.32. The number of ether oxygens (including phenoxy) is 1. The molecule has 1 aliphatic carbocycles. The summed E-state index contributed by atoms with van der Waals surface area (Å²) in [5.74, 6) is 1.40. The number of halogens is 1. The molecule has 198 valence electrons. The van der Waals surface area contributed by atoms with Gasteiger partial charge in [-0.2, -0.15) is 0 Å². The Bertz CT molecular complexity index is 1950. The average Bonchev–Trinajstić information content (AvgIpc) is 3.56. The molecule has 1 atom stereocenters. The fourth-order valence-electron chi connectivity index (χ4n) is 5.32. The van der Waals surface area contributed by atoms with E-state index in [0.29, 0.717) is 20.1 Å². The van der Waals surface area contributed by atoms with E-state index in [1.165, 1.54) is 34.2 Å². The van der Waals surface area contributed by atoms with Gasteiger partial charge in [0.1, 0.15) is 11.5 Å². The average molecular weight is 583 g/mol. The van der Waals surface area contributed by atoms with Crippen LogP contribution in [0.25, 0.3) is 11.8 Å². The van der Waals surface area contributed by atoms with Gasteiger partial charge < -0.3 is 9.15 Å². The first-order chi connectivity index (χ1) is 19.6. The molecular formula is C32H23ClN2O3S2. The maximum atomic E-state index is 14.0. The highest BCUT2D eigenvalue weighted by Crippen LogP contribution is 2.41. The van der Waals surface area contributed by atoms with Crippen LogP contribution in [0, 0.1) is 0 Å². The van der Waals surface area contributed by atoms with Crippen molar-refractivity contribution in [2.75, 3.05) is 7.11 Å². The summed E-state index contributed by atoms with van der Waals surface area (Å²) in [6.07, 6.45) is 3.58. The molecule has 0 saturated carbocycles. The third kappa shape index (κ3) is 4.54. The van der Waals surface area contributed by atoms with E-state index in [4.69, 9.17) is 25.7 Å². The van der Waals surface area contributed by atoms with E-state index in [2.05, 4.69) is 24.3 Å². The summed E-state index contributed by atoms with van der Waals surface area (Å²) >= 11 is 8.91. The molecule has 0 fully saturated rings. The number of aryl methyl sites for hydroxylation is 1. The number of thiazole rings is 1. The Hall–Kier alpha value is -3.78. The Labute approximate surface area is 243 Å². The van der Waals surface area contributed by atoms with Crippen LogP contribution in [-0.2, 0) is 6.42 Å². The van der Waals surface area contributed by atoms with E-state index in [-0.39, 0.29) is 11.6 Å². The number of aromatic nitrogens is 1. The summed E-state index contributed by atoms with van der Waals surface area (Å²) in [5, 5.41) is 1.43. The van der Waals surface area contributed by atoms with Crippen LogP contribution in [0.2, 0.25) is 5.02 Å². The zero-order valence-electron chi connectivity index (χ0n) is 21.5. The minimum Gasteiger partial charge on any atom is -0.497 e. The standard InChI is InChI=1S/C32H23ClN2O3S2/c1-37-22-11-6-20(7-12-22)30-26-16-8-19-4-2-3-5-25(19)29(26)34-32-35(30)31(36)27(40-32)18-23-13-17-28(38-23)39-24-14-9-21(33)10-15-24/h2-7,9-15,17-18,30H,8,16H2,1H3/b27-18-/t30-/m0/s1. The van der Waals surface area contributed by atoms with Gasteiger partial charge in [-0.15, -0.1) is 0 Å². The van der Waals surface area contributed by atoms with Crippen molar-refractivity contribution in [3.63, 3.8) is 0 Å². The van der Waals surface area contributed by atoms with Crippen LogP contribution in [0.1, 0.15) is 34.9 Å². The molecule has 1 aliphatic heterocycles. The molecule has 0 N–H and O–H groups in total. The zero-order chi connectivity index (χ0) is 27.2. The van der Waals surface area contributed by atoms with Gasteiger partial charge in [0, 0.05) is 21.6 Å². The quantitative estimate of drug-likeness (QED) is 0.231. The lowest BCUT2D eigenvalue weighted by molar-refractivity contribution is 0.414. The number of hydrogen-bond donors (Lipinski definition) is 0. The Balaban J connectivity index is 1.34. The van der Waals surface area contributed by atoms with E-state index in [9.17, 15) is 4.79 Å². The minimum atomic E-state index is -0.236. The van der Waals surface area contributed by atoms with Crippen molar-refractivity contribution < 1.29 is 9.15 Å². The molecule has 3 aromatic carbocycles. The third-order valence-electron chi connectivity index (χ3n) is 7.21. The van der Waals surface area contributed by atoms with Gasteiger partial charge in [0.15, 0.2) is 9.89 Å². The molecule has 2 aromatic heterocycles. The first-order valence-corrected chi connectivity index (χ1v) is 14.9. The summed E-state index contributed by atoms with van der Waals surface area (Å²) in [6.45, 7) is 0. The molecule has 8 heteroatoms. The first kappa shape index (κ1) is 25.2. The SMILES string of the molecule is COc1ccc([C@H]2C3=C(N=c4s/c(=C\c5ccc(Sc6ccc(Cl)cc6)o5)c(=O)n42)c2ccccc2CC3)cc1. The monoisotopic (exact) mass is 582 g/mol. The first-order valence-electron chi connectivity index (χ1n) is 12.9. The molecule has 5 aromatic rings. The van der Waals surface area contributed by atoms with Crippen LogP contribution in [-0.4, -0.2) is 11.7 Å². The van der Waals surface area contributed by atoms with E-state index in [1.54, 1.807) is 7.11 Å². The van der Waals surface area contributed by atoms with Crippen LogP contribution >= 0.6 is 34.7 Å². The van der Waals surface area contributed by atoms with Crippen molar-refractivity contribution in [3.8, 4) is 5.75 Å². The summed E-state index contributed by atoms with van der Waals surface area (Å²) in [7, 11) is 1.66. The summed E-state index contributed by atoms with van der Waals surface area (Å²) in [4.78, 5) is 20.7. The molecule has 0 amide bonds. The fourth-order valence-corrected chi connectivity index (χ4v) is 7.21. The Kier molecular flexibility index (Phi) is 6.50. The molecule has 5 nitrogen and oxygen atoms in total. The number of furan rings is 1. The molecule has 2 aliphatic rings. The number of rotatable bonds is 5. The number of hydrogen-bond acceptors (Lipinski definition) is 6. The van der Waals surface area contributed by atoms with Crippen LogP contribution in [0.15, 0.2) is 115 Å². The van der Waals surface area contributed by atoms with E-state index in [0.717, 1.165) is 45.4 Å². The second kappa shape index (κ2) is 10.3. The molecule has 7 rings (SSSR count). The highest BCUT2D eigenvalue weighted by atomic mass is 35.5. The van der Waals surface area contributed by atoms with Gasteiger partial charge in [-0.25, -0.2) is 4.99 Å². The molecule has 40 heavy (non-hydrogen) atoms. The smallest absolute Gasteiger partial charge is 0.271 e. The molecular weight excluding hydrogens is 560 g/mol. The van der Waals surface area contributed by atoms with Crippen molar-refractivity contribution in [1.29, 1.82) is 0 Å². The van der Waals surface area contributed by atoms with Crippen molar-refractivity contribution >= 4 is 46.5 Å². The van der Waals surface area contributed by atoms with Crippen molar-refractivity contribution in [1.82, 2.24) is 4.57 Å². The number of fused-ring (bicyclic) bond motifs is 3. The summed E-state index contributed by atoms with van der Waals surface area (Å²) < 4.78 is 13.9. The second-order valence-electron chi connectivity index (χ2n) is 9.60. The maximum Gasteiger partial charge on any atom is 0.271 e. The Morgan fingerprint density at radius 2 is 1.82 bits per heavy atom. The van der Waals surface area contributed by atoms with Crippen LogP contribution in [0.5, 0.6) is 5.75 Å². The molecule has 0 saturated heterocycles. The van der Waals surface area contributed by atoms with Gasteiger partial charge in [0.2, 0.25) is 0 Å². The van der Waals surface area contributed by atoms with Crippen LogP contribution < -0.4 is 19.6 Å². The second-order valence-corrected chi connectivity index (χ2v) is 12.1. The molecule has 0 radical (unpaired) electrons. The number of allylic oxidation sites excluding steroid dienone is 1. The summed E-state index contributed by atoms with van der Waals surface area (Å²) in [5.41, 5.74) is 5.56. The van der Waals surface area contributed by atoms with Gasteiger partial charge >= 0.3 is 0 Å². The lowest BCUT2D eigenvalue weighted by Gasteiger charge is -2.30. The van der Waals surface area contributed by atoms with E-state index < -0.39 is 0 Å². The number of nitrogens with zero attached hydrogens (tertiary/aromatic N) is 2. The Morgan fingerprint density at radius 1 is 1.02 bits per heavy atom. The third-order valence-corrected chi connectivity index (χ3v) is 9.38. The lowest BCUT2D eigenvalue weighted by atomic mass is 9.83. The molecule has 0 bridgehead atoms. The van der Waals surface area contributed by atoms with Crippen molar-refractivity contribution in [2.24, 2.45) is 4.99 Å². The van der Waals surface area contributed by atoms with Gasteiger partial charge in [-0.1, -0.05) is 71.1 Å². The topological polar surface area (TPSA) is 56.7 Å². The van der Waals surface area contributed by atoms with E-state index in [1.807, 2.05) is 71.3 Å². The van der Waals surface area contributed by atoms with Gasteiger partial charge in [-0.05, 0) is 78.1 Å². The van der Waals surface area contributed by atoms with Crippen molar-refractivity contribution in [2.45, 2.75) is 28.9 Å². The number of benzene rings is 3. The molecule has 0 spiro atoms. The molecule has 0 unspecified atom stereocenters.